The standard InChI is InChI=1S/C23H19F3N4O2/c1-12-8-15(25)9-13(2)21(12)29-23-22(28-19-7-6-14(24)10-30(19)23)20-16(26)4-3-5-17(20)32-11-18(27)31/h3-10,29H,11H2,1-2H3,(H2,27,31). The highest BCUT2D eigenvalue weighted by atomic mass is 19.1. The Bertz CT molecular complexity index is 1330. The molecular weight excluding hydrogens is 421 g/mol. The van der Waals surface area contributed by atoms with Crippen molar-refractivity contribution in [3.63, 3.8) is 0 Å². The molecule has 0 saturated carbocycles. The molecule has 2 aromatic carbocycles. The van der Waals surface area contributed by atoms with Crippen molar-refractivity contribution in [3.05, 3.63) is 77.2 Å². The minimum atomic E-state index is -0.729. The van der Waals surface area contributed by atoms with E-state index in [2.05, 4.69) is 10.3 Å². The number of carbonyl (C=O) groups is 1. The van der Waals surface area contributed by atoms with Crippen molar-refractivity contribution in [2.24, 2.45) is 5.73 Å². The Hall–Kier alpha value is -4.01. The Kier molecular flexibility index (Phi) is 5.48. The van der Waals surface area contributed by atoms with Crippen molar-refractivity contribution in [1.29, 1.82) is 0 Å². The zero-order valence-electron chi connectivity index (χ0n) is 17.2. The molecule has 0 aliphatic rings. The first-order valence-corrected chi connectivity index (χ1v) is 9.66. The molecule has 0 saturated heterocycles. The van der Waals surface area contributed by atoms with E-state index in [4.69, 9.17) is 10.5 Å². The molecule has 4 aromatic rings. The van der Waals surface area contributed by atoms with Crippen molar-refractivity contribution in [3.8, 4) is 17.0 Å². The van der Waals surface area contributed by atoms with Gasteiger partial charge in [0.15, 0.2) is 6.61 Å². The minimum absolute atomic E-state index is 0.0298. The number of aryl methyl sites for hydroxylation is 2. The lowest BCUT2D eigenvalue weighted by molar-refractivity contribution is -0.119. The first-order valence-electron chi connectivity index (χ1n) is 9.66. The normalized spacial score (nSPS) is 11.0. The van der Waals surface area contributed by atoms with Crippen LogP contribution >= 0.6 is 0 Å². The SMILES string of the molecule is Cc1cc(F)cc(C)c1Nc1c(-c2c(F)cccc2OCC(N)=O)nc2ccc(F)cn12. The topological polar surface area (TPSA) is 81.6 Å². The maximum absolute atomic E-state index is 15.0. The van der Waals surface area contributed by atoms with Crippen LogP contribution in [0.1, 0.15) is 11.1 Å². The fraction of sp³-hybridized carbons (Fsp3) is 0.130. The van der Waals surface area contributed by atoms with Crippen molar-refractivity contribution in [2.45, 2.75) is 13.8 Å². The molecule has 9 heteroatoms. The summed E-state index contributed by atoms with van der Waals surface area (Å²) in [4.78, 5) is 15.7. The highest BCUT2D eigenvalue weighted by Gasteiger charge is 2.23. The lowest BCUT2D eigenvalue weighted by Gasteiger charge is -2.16. The predicted molar refractivity (Wildman–Crippen MR) is 114 cm³/mol. The van der Waals surface area contributed by atoms with E-state index < -0.39 is 30.0 Å². The van der Waals surface area contributed by atoms with Gasteiger partial charge < -0.3 is 15.8 Å². The Morgan fingerprint density at radius 3 is 2.50 bits per heavy atom. The van der Waals surface area contributed by atoms with Gasteiger partial charge in [-0.15, -0.1) is 0 Å². The Balaban J connectivity index is 1.96. The van der Waals surface area contributed by atoms with Crippen LogP contribution in [0.15, 0.2) is 48.7 Å². The lowest BCUT2D eigenvalue weighted by atomic mass is 10.1. The Morgan fingerprint density at radius 1 is 1.09 bits per heavy atom. The van der Waals surface area contributed by atoms with Crippen LogP contribution < -0.4 is 15.8 Å². The molecule has 2 heterocycles. The van der Waals surface area contributed by atoms with Gasteiger partial charge >= 0.3 is 0 Å². The molecule has 164 valence electrons. The molecule has 0 radical (unpaired) electrons. The van der Waals surface area contributed by atoms with Crippen molar-refractivity contribution in [2.75, 3.05) is 11.9 Å². The molecule has 1 amide bonds. The largest absolute Gasteiger partial charge is 0.483 e. The summed E-state index contributed by atoms with van der Waals surface area (Å²) in [5, 5.41) is 3.16. The van der Waals surface area contributed by atoms with Crippen LogP contribution in [0.25, 0.3) is 16.9 Å². The van der Waals surface area contributed by atoms with Crippen molar-refractivity contribution < 1.29 is 22.7 Å². The third kappa shape index (κ3) is 3.96. The number of carbonyl (C=O) groups excluding carboxylic acids is 1. The van der Waals surface area contributed by atoms with Gasteiger partial charge in [-0.05, 0) is 61.4 Å². The number of amides is 1. The lowest BCUT2D eigenvalue weighted by Crippen LogP contribution is -2.20. The number of ether oxygens (including phenoxy) is 1. The summed E-state index contributed by atoms with van der Waals surface area (Å²) >= 11 is 0. The minimum Gasteiger partial charge on any atom is -0.483 e. The molecule has 0 spiro atoms. The Morgan fingerprint density at radius 2 is 1.81 bits per heavy atom. The third-order valence-corrected chi connectivity index (χ3v) is 4.91. The summed E-state index contributed by atoms with van der Waals surface area (Å²) in [6.45, 7) is 2.97. The van der Waals surface area contributed by atoms with E-state index in [1.54, 1.807) is 13.8 Å². The van der Waals surface area contributed by atoms with Gasteiger partial charge in [0.1, 0.15) is 40.4 Å². The number of hydrogen-bond acceptors (Lipinski definition) is 4. The molecule has 0 aliphatic carbocycles. The molecule has 3 N–H and O–H groups in total. The predicted octanol–water partition coefficient (Wildman–Crippen LogP) is 4.64. The zero-order chi connectivity index (χ0) is 23.0. The number of nitrogens with one attached hydrogen (secondary N) is 1. The maximum atomic E-state index is 15.0. The van der Waals surface area contributed by atoms with E-state index in [1.807, 2.05) is 0 Å². The smallest absolute Gasteiger partial charge is 0.255 e. The van der Waals surface area contributed by atoms with E-state index >= 15 is 4.39 Å². The van der Waals surface area contributed by atoms with Gasteiger partial charge in [0, 0.05) is 11.9 Å². The fourth-order valence-corrected chi connectivity index (χ4v) is 3.54. The van der Waals surface area contributed by atoms with Gasteiger partial charge in [0.05, 0.1) is 5.56 Å². The zero-order valence-corrected chi connectivity index (χ0v) is 17.2. The number of anilines is 2. The summed E-state index contributed by atoms with van der Waals surface area (Å²) in [5.41, 5.74) is 7.35. The van der Waals surface area contributed by atoms with Gasteiger partial charge in [-0.2, -0.15) is 0 Å². The number of pyridine rings is 1. The van der Waals surface area contributed by atoms with Gasteiger partial charge in [0.2, 0.25) is 0 Å². The molecule has 0 fully saturated rings. The number of hydrogen-bond donors (Lipinski definition) is 2. The van der Waals surface area contributed by atoms with Crippen LogP contribution in [-0.4, -0.2) is 21.9 Å². The van der Waals surface area contributed by atoms with Crippen LogP contribution in [0.2, 0.25) is 0 Å². The molecule has 32 heavy (non-hydrogen) atoms. The Labute approximate surface area is 181 Å². The van der Waals surface area contributed by atoms with Crippen molar-refractivity contribution >= 4 is 23.1 Å². The van der Waals surface area contributed by atoms with Gasteiger partial charge in [0.25, 0.3) is 5.91 Å². The number of nitrogens with zero attached hydrogens (tertiary/aromatic N) is 2. The second-order valence-corrected chi connectivity index (χ2v) is 7.29. The third-order valence-electron chi connectivity index (χ3n) is 4.91. The van der Waals surface area contributed by atoms with Crippen LogP contribution in [0.5, 0.6) is 5.75 Å². The molecule has 2 aromatic heterocycles. The molecule has 0 atom stereocenters. The molecule has 6 nitrogen and oxygen atoms in total. The highest BCUT2D eigenvalue weighted by molar-refractivity contribution is 5.84. The molecular formula is C23H19F3N4O2. The summed E-state index contributed by atoms with van der Waals surface area (Å²) < 4.78 is 49.7. The number of aromatic nitrogens is 2. The summed E-state index contributed by atoms with van der Waals surface area (Å²) in [6.07, 6.45) is 1.20. The molecule has 0 aliphatic heterocycles. The first-order chi connectivity index (χ1) is 15.2. The number of benzene rings is 2. The van der Waals surface area contributed by atoms with Gasteiger partial charge in [-0.3, -0.25) is 9.20 Å². The quantitative estimate of drug-likeness (QED) is 0.458. The second-order valence-electron chi connectivity index (χ2n) is 7.29. The van der Waals surface area contributed by atoms with E-state index in [1.165, 1.54) is 53.1 Å². The van der Waals surface area contributed by atoms with E-state index in [-0.39, 0.29) is 22.8 Å². The molecule has 0 bridgehead atoms. The average molecular weight is 440 g/mol. The summed E-state index contributed by atoms with van der Waals surface area (Å²) in [7, 11) is 0. The first kappa shape index (κ1) is 21.2. The average Bonchev–Trinajstić information content (AvgIpc) is 3.06. The van der Waals surface area contributed by atoms with Crippen LogP contribution in [0.4, 0.5) is 24.7 Å². The molecule has 4 rings (SSSR count). The second kappa shape index (κ2) is 8.26. The van der Waals surface area contributed by atoms with Gasteiger partial charge in [-0.1, -0.05) is 6.07 Å². The molecule has 0 unspecified atom stereocenters. The van der Waals surface area contributed by atoms with E-state index in [0.29, 0.717) is 22.5 Å². The van der Waals surface area contributed by atoms with Crippen molar-refractivity contribution in [1.82, 2.24) is 9.38 Å². The summed E-state index contributed by atoms with van der Waals surface area (Å²) in [5.74, 6) is -2.03. The number of nitrogens with two attached hydrogens (primary N) is 1. The van der Waals surface area contributed by atoms with Crippen LogP contribution in [0.3, 0.4) is 0 Å². The monoisotopic (exact) mass is 440 g/mol. The highest BCUT2D eigenvalue weighted by Crippen LogP contribution is 2.39. The summed E-state index contributed by atoms with van der Waals surface area (Å²) in [6, 6.07) is 9.49. The maximum Gasteiger partial charge on any atom is 0.255 e. The van der Waals surface area contributed by atoms with Gasteiger partial charge in [-0.25, -0.2) is 18.2 Å². The number of fused-ring (bicyclic) bond motifs is 1. The van der Waals surface area contributed by atoms with Crippen LogP contribution in [-0.2, 0) is 4.79 Å². The number of rotatable bonds is 6. The fourth-order valence-electron chi connectivity index (χ4n) is 3.54. The number of primary amides is 1. The van der Waals surface area contributed by atoms with E-state index in [9.17, 15) is 13.6 Å². The number of halogens is 3. The van der Waals surface area contributed by atoms with Crippen LogP contribution in [0, 0.1) is 31.3 Å². The van der Waals surface area contributed by atoms with E-state index in [0.717, 1.165) is 0 Å². The number of imidazole rings is 1.